The molecule has 204 valence electrons. The highest BCUT2D eigenvalue weighted by Crippen LogP contribution is 2.39. The number of nitrogens with one attached hydrogen (secondary N) is 1. The zero-order chi connectivity index (χ0) is 28.6. The highest BCUT2D eigenvalue weighted by molar-refractivity contribution is 6.21. The van der Waals surface area contributed by atoms with Gasteiger partial charge >= 0.3 is 6.18 Å². The van der Waals surface area contributed by atoms with Crippen LogP contribution in [0.4, 0.5) is 19.1 Å². The van der Waals surface area contributed by atoms with Gasteiger partial charge in [-0.2, -0.15) is 18.3 Å². The molecular formula is C27H23F3N8O2. The SMILES string of the molecule is Cc1cc(C)cc(-n2c(O)c(/C(=N\NC(=O)Cn3nnnc3N)c3ccccc3)c3ccc(C(F)(F)F)cc32)c1. The van der Waals surface area contributed by atoms with Crippen LogP contribution < -0.4 is 11.2 Å². The number of anilines is 1. The molecule has 0 saturated heterocycles. The average Bonchev–Trinajstić information content (AvgIpc) is 3.43. The van der Waals surface area contributed by atoms with E-state index in [1.165, 1.54) is 10.6 Å². The first-order chi connectivity index (χ1) is 19.0. The number of rotatable bonds is 6. The van der Waals surface area contributed by atoms with E-state index in [2.05, 4.69) is 26.1 Å². The number of hydrogen-bond donors (Lipinski definition) is 3. The number of nitrogens with two attached hydrogens (primary N) is 1. The molecule has 0 atom stereocenters. The lowest BCUT2D eigenvalue weighted by Crippen LogP contribution is -2.26. The van der Waals surface area contributed by atoms with Gasteiger partial charge < -0.3 is 10.8 Å². The molecule has 0 radical (unpaired) electrons. The Balaban J connectivity index is 1.72. The smallest absolute Gasteiger partial charge is 0.416 e. The number of tetrazole rings is 1. The number of alkyl halides is 3. The third kappa shape index (κ3) is 5.08. The molecular weight excluding hydrogens is 525 g/mol. The maximum Gasteiger partial charge on any atom is 0.416 e. The fourth-order valence-corrected chi connectivity index (χ4v) is 4.50. The number of nitrogens with zero attached hydrogens (tertiary/aromatic N) is 6. The standard InChI is InChI=1S/C27H23F3N8O2/c1-15-10-16(2)12-19(11-15)38-21-13-18(27(28,29)30)8-9-20(21)23(25(38)40)24(17-6-4-3-5-7-17)33-32-22(39)14-37-26(31)34-35-36-37/h3-13,40H,14H2,1-2H3,(H,32,39)(H2,31,34,36)/b33-24-. The van der Waals surface area contributed by atoms with Crippen molar-refractivity contribution in [2.75, 3.05) is 5.73 Å². The summed E-state index contributed by atoms with van der Waals surface area (Å²) in [5.74, 6) is -1.04. The number of carbonyl (C=O) groups is 1. The summed E-state index contributed by atoms with van der Waals surface area (Å²) in [6.45, 7) is 3.37. The number of fused-ring (bicyclic) bond motifs is 1. The van der Waals surface area contributed by atoms with Gasteiger partial charge in [0, 0.05) is 16.6 Å². The van der Waals surface area contributed by atoms with Crippen LogP contribution in [0.2, 0.25) is 0 Å². The topological polar surface area (TPSA) is 136 Å². The number of benzene rings is 3. The molecule has 0 unspecified atom stereocenters. The predicted molar refractivity (Wildman–Crippen MR) is 142 cm³/mol. The van der Waals surface area contributed by atoms with Crippen LogP contribution in [0.1, 0.15) is 27.8 Å². The van der Waals surface area contributed by atoms with Crippen molar-refractivity contribution in [1.82, 2.24) is 30.2 Å². The minimum atomic E-state index is -4.61. The van der Waals surface area contributed by atoms with E-state index in [0.717, 1.165) is 27.9 Å². The highest BCUT2D eigenvalue weighted by atomic mass is 19.4. The number of carbonyl (C=O) groups excluding carboxylic acids is 1. The van der Waals surface area contributed by atoms with Crippen LogP contribution in [0, 0.1) is 13.8 Å². The van der Waals surface area contributed by atoms with Gasteiger partial charge in [0.25, 0.3) is 5.91 Å². The fourth-order valence-electron chi connectivity index (χ4n) is 4.50. The van der Waals surface area contributed by atoms with E-state index in [-0.39, 0.29) is 35.2 Å². The zero-order valence-electron chi connectivity index (χ0n) is 21.3. The largest absolute Gasteiger partial charge is 0.494 e. The summed E-state index contributed by atoms with van der Waals surface area (Å²) in [4.78, 5) is 12.7. The van der Waals surface area contributed by atoms with Crippen LogP contribution in [-0.2, 0) is 17.5 Å². The van der Waals surface area contributed by atoms with Gasteiger partial charge in [-0.15, -0.1) is 0 Å². The molecule has 0 spiro atoms. The van der Waals surface area contributed by atoms with Gasteiger partial charge in [-0.3, -0.25) is 9.36 Å². The first-order valence-corrected chi connectivity index (χ1v) is 12.0. The van der Waals surface area contributed by atoms with Gasteiger partial charge in [0.2, 0.25) is 11.8 Å². The molecule has 0 aliphatic rings. The molecule has 0 saturated carbocycles. The maximum absolute atomic E-state index is 13.7. The molecule has 5 rings (SSSR count). The number of aromatic nitrogens is 5. The Labute approximate surface area is 225 Å². The minimum Gasteiger partial charge on any atom is -0.494 e. The first-order valence-electron chi connectivity index (χ1n) is 12.0. The third-order valence-corrected chi connectivity index (χ3v) is 6.16. The van der Waals surface area contributed by atoms with Crippen molar-refractivity contribution in [2.45, 2.75) is 26.6 Å². The fraction of sp³-hybridized carbons (Fsp3) is 0.148. The lowest BCUT2D eigenvalue weighted by Gasteiger charge is -2.12. The molecule has 1 amide bonds. The predicted octanol–water partition coefficient (Wildman–Crippen LogP) is 4.11. The number of hydrazone groups is 1. The molecule has 0 aliphatic heterocycles. The lowest BCUT2D eigenvalue weighted by molar-refractivity contribution is -0.137. The lowest BCUT2D eigenvalue weighted by atomic mass is 10.0. The highest BCUT2D eigenvalue weighted by Gasteiger charge is 2.32. The monoisotopic (exact) mass is 548 g/mol. The van der Waals surface area contributed by atoms with Crippen molar-refractivity contribution >= 4 is 28.5 Å². The van der Waals surface area contributed by atoms with Gasteiger partial charge in [0.1, 0.15) is 12.3 Å². The normalized spacial score (nSPS) is 12.2. The average molecular weight is 549 g/mol. The summed E-state index contributed by atoms with van der Waals surface area (Å²) >= 11 is 0. The van der Waals surface area contributed by atoms with Crippen LogP contribution in [-0.4, -0.2) is 41.5 Å². The van der Waals surface area contributed by atoms with Crippen molar-refractivity contribution in [3.05, 3.63) is 94.5 Å². The molecule has 10 nitrogen and oxygen atoms in total. The van der Waals surface area contributed by atoms with Crippen molar-refractivity contribution in [3.63, 3.8) is 0 Å². The number of halogens is 3. The van der Waals surface area contributed by atoms with E-state index >= 15 is 0 Å². The van der Waals surface area contributed by atoms with Crippen LogP contribution >= 0.6 is 0 Å². The van der Waals surface area contributed by atoms with Crippen LogP contribution in [0.15, 0.2) is 71.8 Å². The molecule has 13 heteroatoms. The number of nitrogen functional groups attached to an aromatic ring is 1. The number of amides is 1. The van der Waals surface area contributed by atoms with Gasteiger partial charge in [0.05, 0.1) is 16.6 Å². The Hall–Kier alpha value is -5.20. The Morgan fingerprint density at radius 1 is 1.05 bits per heavy atom. The van der Waals surface area contributed by atoms with Gasteiger partial charge in [0.15, 0.2) is 0 Å². The van der Waals surface area contributed by atoms with E-state index in [1.54, 1.807) is 42.5 Å². The van der Waals surface area contributed by atoms with Crippen molar-refractivity contribution in [3.8, 4) is 11.6 Å². The molecule has 2 aromatic heterocycles. The molecule has 40 heavy (non-hydrogen) atoms. The van der Waals surface area contributed by atoms with Gasteiger partial charge in [-0.1, -0.05) is 47.6 Å². The molecule has 0 aliphatic carbocycles. The summed E-state index contributed by atoms with van der Waals surface area (Å²) in [6.07, 6.45) is -4.61. The second-order valence-corrected chi connectivity index (χ2v) is 9.17. The second kappa shape index (κ2) is 10.2. The van der Waals surface area contributed by atoms with Gasteiger partial charge in [-0.05, 0) is 59.7 Å². The Kier molecular flexibility index (Phi) is 6.71. The minimum absolute atomic E-state index is 0.0722. The summed E-state index contributed by atoms with van der Waals surface area (Å²) in [5.41, 5.74) is 10.2. The molecule has 0 bridgehead atoms. The second-order valence-electron chi connectivity index (χ2n) is 9.17. The van der Waals surface area contributed by atoms with Crippen molar-refractivity contribution < 1.29 is 23.1 Å². The van der Waals surface area contributed by atoms with E-state index in [0.29, 0.717) is 16.6 Å². The van der Waals surface area contributed by atoms with E-state index in [9.17, 15) is 23.1 Å². The van der Waals surface area contributed by atoms with E-state index < -0.39 is 17.6 Å². The number of aromatic hydroxyl groups is 1. The summed E-state index contributed by atoms with van der Waals surface area (Å²) < 4.78 is 43.6. The first kappa shape index (κ1) is 26.4. The van der Waals surface area contributed by atoms with Gasteiger partial charge in [-0.25, -0.2) is 10.1 Å². The molecule has 5 aromatic rings. The Morgan fingerprint density at radius 2 is 1.75 bits per heavy atom. The summed E-state index contributed by atoms with van der Waals surface area (Å²) in [7, 11) is 0. The van der Waals surface area contributed by atoms with E-state index in [1.807, 2.05) is 19.9 Å². The zero-order valence-corrected chi connectivity index (χ0v) is 21.3. The Bertz CT molecular complexity index is 1740. The van der Waals surface area contributed by atoms with Crippen LogP contribution in [0.5, 0.6) is 5.88 Å². The molecule has 4 N–H and O–H groups in total. The van der Waals surface area contributed by atoms with Crippen molar-refractivity contribution in [2.24, 2.45) is 5.10 Å². The van der Waals surface area contributed by atoms with Crippen molar-refractivity contribution in [1.29, 1.82) is 0 Å². The van der Waals surface area contributed by atoms with Crippen LogP contribution in [0.25, 0.3) is 16.6 Å². The summed E-state index contributed by atoms with van der Waals surface area (Å²) in [5, 5.41) is 26.7. The maximum atomic E-state index is 13.7. The number of aryl methyl sites for hydroxylation is 2. The third-order valence-electron chi connectivity index (χ3n) is 6.16. The Morgan fingerprint density at radius 3 is 2.38 bits per heavy atom. The molecule has 3 aromatic carbocycles. The molecule has 2 heterocycles. The molecule has 0 fully saturated rings. The quantitative estimate of drug-likeness (QED) is 0.216. The number of hydrogen-bond acceptors (Lipinski definition) is 7. The van der Waals surface area contributed by atoms with Crippen LogP contribution in [0.3, 0.4) is 0 Å². The van der Waals surface area contributed by atoms with E-state index in [4.69, 9.17) is 5.73 Å². The summed E-state index contributed by atoms with van der Waals surface area (Å²) in [6, 6.07) is 17.3.